The second-order valence-electron chi connectivity index (χ2n) is 3.65. The third-order valence-corrected chi connectivity index (χ3v) is 2.29. The van der Waals surface area contributed by atoms with Gasteiger partial charge < -0.3 is 16.2 Å². The van der Waals surface area contributed by atoms with Crippen molar-refractivity contribution in [1.82, 2.24) is 5.32 Å². The summed E-state index contributed by atoms with van der Waals surface area (Å²) in [5.74, 6) is -0.569. The van der Waals surface area contributed by atoms with Gasteiger partial charge in [-0.2, -0.15) is 0 Å². The number of benzene rings is 1. The van der Waals surface area contributed by atoms with E-state index in [1.807, 2.05) is 0 Å². The number of halogens is 2. The summed E-state index contributed by atoms with van der Waals surface area (Å²) in [7, 11) is 0. The summed E-state index contributed by atoms with van der Waals surface area (Å²) in [6, 6.07) is 4.93. The van der Waals surface area contributed by atoms with E-state index in [0.29, 0.717) is 5.56 Å². The third kappa shape index (κ3) is 3.39. The maximum absolute atomic E-state index is 12.0. The minimum atomic E-state index is -2.88. The number of hydrogen-bond donors (Lipinski definition) is 3. The van der Waals surface area contributed by atoms with Gasteiger partial charge in [-0.1, -0.05) is 12.1 Å². The van der Waals surface area contributed by atoms with Crippen LogP contribution in [0.25, 0.3) is 0 Å². The number of aliphatic hydroxyl groups excluding tert-OH is 1. The highest BCUT2D eigenvalue weighted by molar-refractivity contribution is 6.00. The summed E-state index contributed by atoms with van der Waals surface area (Å²) in [6.45, 7) is 1.18. The molecule has 0 aromatic heterocycles. The Kier molecular flexibility index (Phi) is 4.39. The van der Waals surface area contributed by atoms with E-state index < -0.39 is 25.0 Å². The molecule has 1 amide bonds. The van der Waals surface area contributed by atoms with Crippen molar-refractivity contribution in [3.63, 3.8) is 0 Å². The Morgan fingerprint density at radius 2 is 2.18 bits per heavy atom. The maximum Gasteiger partial charge on any atom is 0.265 e. The van der Waals surface area contributed by atoms with Crippen LogP contribution in [0.1, 0.15) is 15.9 Å². The molecular formula is C11H14F2N2O2. The lowest BCUT2D eigenvalue weighted by Gasteiger charge is -2.13. The summed E-state index contributed by atoms with van der Waals surface area (Å²) < 4.78 is 24.0. The molecule has 1 atom stereocenters. The molecule has 0 aliphatic heterocycles. The van der Waals surface area contributed by atoms with Crippen molar-refractivity contribution in [3.05, 3.63) is 29.3 Å². The average Bonchev–Trinajstić information content (AvgIpc) is 2.25. The monoisotopic (exact) mass is 244 g/mol. The number of amides is 1. The van der Waals surface area contributed by atoms with Crippen molar-refractivity contribution in [2.75, 3.05) is 12.3 Å². The van der Waals surface area contributed by atoms with Crippen LogP contribution in [0, 0.1) is 6.92 Å². The van der Waals surface area contributed by atoms with E-state index >= 15 is 0 Å². The first kappa shape index (κ1) is 13.4. The molecule has 4 N–H and O–H groups in total. The molecule has 6 heteroatoms. The van der Waals surface area contributed by atoms with E-state index in [1.54, 1.807) is 25.1 Å². The fraction of sp³-hybridized carbons (Fsp3) is 0.364. The number of alkyl halides is 2. The van der Waals surface area contributed by atoms with Crippen LogP contribution in [0.2, 0.25) is 0 Å². The SMILES string of the molecule is Cc1cccc(N)c1C(=O)NCC(O)C(F)F. The number of rotatable bonds is 4. The zero-order chi connectivity index (χ0) is 13.0. The predicted octanol–water partition coefficient (Wildman–Crippen LogP) is 0.933. The molecule has 0 saturated heterocycles. The van der Waals surface area contributed by atoms with Gasteiger partial charge in [0.1, 0.15) is 6.10 Å². The molecule has 0 radical (unpaired) electrons. The summed E-state index contributed by atoms with van der Waals surface area (Å²) in [6.07, 6.45) is -4.76. The van der Waals surface area contributed by atoms with Crippen LogP contribution in [0.5, 0.6) is 0 Å². The van der Waals surface area contributed by atoms with Crippen molar-refractivity contribution in [1.29, 1.82) is 0 Å². The first-order valence-electron chi connectivity index (χ1n) is 5.03. The van der Waals surface area contributed by atoms with Crippen LogP contribution in [-0.2, 0) is 0 Å². The van der Waals surface area contributed by atoms with E-state index in [2.05, 4.69) is 5.32 Å². The third-order valence-electron chi connectivity index (χ3n) is 2.29. The van der Waals surface area contributed by atoms with E-state index in [9.17, 15) is 13.6 Å². The lowest BCUT2D eigenvalue weighted by Crippen LogP contribution is -2.36. The lowest BCUT2D eigenvalue weighted by molar-refractivity contribution is -0.00270. The predicted molar refractivity (Wildman–Crippen MR) is 59.9 cm³/mol. The molecule has 4 nitrogen and oxygen atoms in total. The van der Waals surface area contributed by atoms with Crippen LogP contribution in [0.15, 0.2) is 18.2 Å². The number of aliphatic hydroxyl groups is 1. The molecule has 17 heavy (non-hydrogen) atoms. The molecule has 0 heterocycles. The Hall–Kier alpha value is -1.69. The molecule has 1 unspecified atom stereocenters. The molecule has 94 valence electrons. The number of carbonyl (C=O) groups excluding carboxylic acids is 1. The van der Waals surface area contributed by atoms with Crippen molar-refractivity contribution >= 4 is 11.6 Å². The first-order chi connectivity index (χ1) is 7.93. The van der Waals surface area contributed by atoms with Gasteiger partial charge in [0.2, 0.25) is 0 Å². The maximum atomic E-state index is 12.0. The van der Waals surface area contributed by atoms with Gasteiger partial charge in [-0.3, -0.25) is 4.79 Å². The summed E-state index contributed by atoms with van der Waals surface area (Å²) in [5, 5.41) is 11.1. The summed E-state index contributed by atoms with van der Waals surface area (Å²) >= 11 is 0. The average molecular weight is 244 g/mol. The van der Waals surface area contributed by atoms with Crippen molar-refractivity contribution in [2.24, 2.45) is 0 Å². The lowest BCUT2D eigenvalue weighted by atomic mass is 10.1. The Morgan fingerprint density at radius 1 is 1.53 bits per heavy atom. The van der Waals surface area contributed by atoms with Crippen LogP contribution < -0.4 is 11.1 Å². The van der Waals surface area contributed by atoms with E-state index in [-0.39, 0.29) is 11.3 Å². The Balaban J connectivity index is 2.71. The van der Waals surface area contributed by atoms with E-state index in [0.717, 1.165) is 0 Å². The molecule has 0 bridgehead atoms. The van der Waals surface area contributed by atoms with Gasteiger partial charge in [0.15, 0.2) is 0 Å². The highest BCUT2D eigenvalue weighted by atomic mass is 19.3. The second kappa shape index (κ2) is 5.58. The van der Waals surface area contributed by atoms with E-state index in [4.69, 9.17) is 10.8 Å². The van der Waals surface area contributed by atoms with Gasteiger partial charge in [0, 0.05) is 12.2 Å². The molecule has 1 rings (SSSR count). The minimum absolute atomic E-state index is 0.244. The normalized spacial score (nSPS) is 12.5. The van der Waals surface area contributed by atoms with Gasteiger partial charge in [-0.05, 0) is 18.6 Å². The first-order valence-corrected chi connectivity index (χ1v) is 5.03. The van der Waals surface area contributed by atoms with E-state index in [1.165, 1.54) is 0 Å². The molecule has 0 spiro atoms. The van der Waals surface area contributed by atoms with Crippen molar-refractivity contribution < 1.29 is 18.7 Å². The molecule has 0 fully saturated rings. The van der Waals surface area contributed by atoms with Crippen LogP contribution in [0.4, 0.5) is 14.5 Å². The fourth-order valence-corrected chi connectivity index (χ4v) is 1.38. The van der Waals surface area contributed by atoms with Gasteiger partial charge in [0.05, 0.1) is 5.56 Å². The van der Waals surface area contributed by atoms with Gasteiger partial charge in [-0.25, -0.2) is 8.78 Å². The largest absolute Gasteiger partial charge is 0.398 e. The number of aryl methyl sites for hydroxylation is 1. The minimum Gasteiger partial charge on any atom is -0.398 e. The fourth-order valence-electron chi connectivity index (χ4n) is 1.38. The zero-order valence-electron chi connectivity index (χ0n) is 9.28. The highest BCUT2D eigenvalue weighted by Crippen LogP contribution is 2.15. The number of carbonyl (C=O) groups is 1. The second-order valence-corrected chi connectivity index (χ2v) is 3.65. The molecule has 0 saturated carbocycles. The number of nitrogens with one attached hydrogen (secondary N) is 1. The molecule has 0 aliphatic carbocycles. The smallest absolute Gasteiger partial charge is 0.265 e. The molecule has 1 aromatic rings. The molecule has 1 aromatic carbocycles. The molecule has 0 aliphatic rings. The Morgan fingerprint density at radius 3 is 2.71 bits per heavy atom. The van der Waals surface area contributed by atoms with Crippen LogP contribution in [0.3, 0.4) is 0 Å². The van der Waals surface area contributed by atoms with Crippen molar-refractivity contribution in [3.8, 4) is 0 Å². The standard InChI is InChI=1S/C11H14F2N2O2/c1-6-3-2-4-7(14)9(6)11(17)15-5-8(16)10(12)13/h2-4,8,10,16H,5,14H2,1H3,(H,15,17). The number of hydrogen-bond acceptors (Lipinski definition) is 3. The van der Waals surface area contributed by atoms with Crippen LogP contribution in [-0.4, -0.2) is 30.1 Å². The Labute approximate surface area is 97.4 Å². The number of nitrogens with two attached hydrogens (primary N) is 1. The highest BCUT2D eigenvalue weighted by Gasteiger charge is 2.19. The van der Waals surface area contributed by atoms with Gasteiger partial charge in [0.25, 0.3) is 12.3 Å². The number of nitrogen functional groups attached to an aromatic ring is 1. The topological polar surface area (TPSA) is 75.4 Å². The van der Waals surface area contributed by atoms with Gasteiger partial charge >= 0.3 is 0 Å². The van der Waals surface area contributed by atoms with Crippen LogP contribution >= 0.6 is 0 Å². The number of anilines is 1. The Bertz CT molecular complexity index is 390. The zero-order valence-corrected chi connectivity index (χ0v) is 9.28. The summed E-state index contributed by atoms with van der Waals surface area (Å²) in [5.41, 5.74) is 6.78. The molecular weight excluding hydrogens is 230 g/mol. The van der Waals surface area contributed by atoms with Crippen molar-refractivity contribution in [2.45, 2.75) is 19.5 Å². The van der Waals surface area contributed by atoms with Gasteiger partial charge in [-0.15, -0.1) is 0 Å². The summed E-state index contributed by atoms with van der Waals surface area (Å²) in [4.78, 5) is 11.7. The quantitative estimate of drug-likeness (QED) is 0.690.